The van der Waals surface area contributed by atoms with Crippen molar-refractivity contribution < 1.29 is 27.1 Å². The molecule has 2 amide bonds. The lowest BCUT2D eigenvalue weighted by Gasteiger charge is -2.33. The number of carbonyl (C=O) groups excluding carboxylic acids is 2. The van der Waals surface area contributed by atoms with Crippen molar-refractivity contribution in [1.29, 1.82) is 0 Å². The highest BCUT2D eigenvalue weighted by Crippen LogP contribution is 2.44. The summed E-state index contributed by atoms with van der Waals surface area (Å²) in [4.78, 5) is 27.5. The van der Waals surface area contributed by atoms with Crippen LogP contribution in [-0.2, 0) is 27.5 Å². The van der Waals surface area contributed by atoms with Gasteiger partial charge >= 0.3 is 0 Å². The van der Waals surface area contributed by atoms with Crippen LogP contribution in [0.4, 0.5) is 9.39 Å². The van der Waals surface area contributed by atoms with Crippen LogP contribution in [0.25, 0.3) is 0 Å². The van der Waals surface area contributed by atoms with Crippen LogP contribution in [0.15, 0.2) is 24.3 Å². The number of thiophene rings is 1. The fourth-order valence-electron chi connectivity index (χ4n) is 4.80. The highest BCUT2D eigenvalue weighted by atomic mass is 32.2. The van der Waals surface area contributed by atoms with Crippen molar-refractivity contribution in [1.82, 2.24) is 5.32 Å². The van der Waals surface area contributed by atoms with Crippen molar-refractivity contribution in [2.24, 2.45) is 11.3 Å². The Morgan fingerprint density at radius 1 is 1.17 bits per heavy atom. The number of hydrogen-bond donors (Lipinski definition) is 2. The molecule has 0 radical (unpaired) electrons. The molecule has 7 nitrogen and oxygen atoms in total. The minimum atomic E-state index is -3.15. The third-order valence-corrected chi connectivity index (χ3v) is 9.95. The number of amides is 2. The predicted molar refractivity (Wildman–Crippen MR) is 139 cm³/mol. The van der Waals surface area contributed by atoms with E-state index in [0.717, 1.165) is 29.7 Å². The summed E-state index contributed by atoms with van der Waals surface area (Å²) in [6.45, 7) is 8.22. The number of nitrogens with one attached hydrogen (secondary N) is 2. The molecule has 2 aliphatic rings. The van der Waals surface area contributed by atoms with E-state index in [2.05, 4.69) is 31.4 Å². The summed E-state index contributed by atoms with van der Waals surface area (Å²) >= 11 is 1.41. The molecular formula is C26H33FN2O5S2. The van der Waals surface area contributed by atoms with E-state index in [-0.39, 0.29) is 22.8 Å². The van der Waals surface area contributed by atoms with Crippen molar-refractivity contribution in [2.45, 2.75) is 65.5 Å². The average Bonchev–Trinajstić information content (AvgIpc) is 3.32. The van der Waals surface area contributed by atoms with Crippen molar-refractivity contribution in [2.75, 3.05) is 16.8 Å². The monoisotopic (exact) mass is 536 g/mol. The quantitative estimate of drug-likeness (QED) is 0.571. The van der Waals surface area contributed by atoms with E-state index in [1.165, 1.54) is 35.6 Å². The van der Waals surface area contributed by atoms with E-state index in [4.69, 9.17) is 4.74 Å². The molecule has 1 aromatic heterocycles. The lowest BCUT2D eigenvalue weighted by molar-refractivity contribution is -0.122. The van der Waals surface area contributed by atoms with Gasteiger partial charge in [-0.25, -0.2) is 12.8 Å². The lowest BCUT2D eigenvalue weighted by atomic mass is 9.72. The smallest absolute Gasteiger partial charge is 0.265 e. The summed E-state index contributed by atoms with van der Waals surface area (Å²) in [5.74, 6) is -0.380. The van der Waals surface area contributed by atoms with Crippen molar-refractivity contribution >= 4 is 38.0 Å². The second-order valence-electron chi connectivity index (χ2n) is 10.8. The molecule has 0 unspecified atom stereocenters. The molecule has 1 aliphatic heterocycles. The molecule has 1 fully saturated rings. The number of ether oxygens (including phenoxy) is 1. The van der Waals surface area contributed by atoms with Gasteiger partial charge in [0.25, 0.3) is 11.8 Å². The highest BCUT2D eigenvalue weighted by molar-refractivity contribution is 7.91. The first-order chi connectivity index (χ1) is 16.8. The van der Waals surface area contributed by atoms with Gasteiger partial charge in [0, 0.05) is 10.9 Å². The zero-order chi connectivity index (χ0) is 26.3. The van der Waals surface area contributed by atoms with Crippen LogP contribution in [-0.4, -0.2) is 43.9 Å². The van der Waals surface area contributed by atoms with Crippen molar-refractivity contribution in [3.63, 3.8) is 0 Å². The number of fused-ring (bicyclic) bond motifs is 1. The molecule has 3 atom stereocenters. The van der Waals surface area contributed by atoms with Gasteiger partial charge < -0.3 is 15.4 Å². The van der Waals surface area contributed by atoms with E-state index in [9.17, 15) is 22.4 Å². The maximum absolute atomic E-state index is 13.4. The molecule has 196 valence electrons. The summed E-state index contributed by atoms with van der Waals surface area (Å²) in [6, 6.07) is 4.97. The molecule has 36 heavy (non-hydrogen) atoms. The minimum Gasteiger partial charge on any atom is -0.481 e. The summed E-state index contributed by atoms with van der Waals surface area (Å²) in [7, 11) is -3.15. The van der Waals surface area contributed by atoms with Gasteiger partial charge in [0.1, 0.15) is 16.6 Å². The van der Waals surface area contributed by atoms with Gasteiger partial charge in [-0.3, -0.25) is 9.59 Å². The van der Waals surface area contributed by atoms with Crippen LogP contribution in [0.1, 0.15) is 61.3 Å². The third kappa shape index (κ3) is 6.08. The Morgan fingerprint density at radius 2 is 1.86 bits per heavy atom. The van der Waals surface area contributed by atoms with E-state index in [1.54, 1.807) is 6.92 Å². The topological polar surface area (TPSA) is 102 Å². The highest BCUT2D eigenvalue weighted by Gasteiger charge is 2.36. The van der Waals surface area contributed by atoms with Gasteiger partial charge in [0.2, 0.25) is 0 Å². The van der Waals surface area contributed by atoms with Crippen LogP contribution < -0.4 is 15.4 Å². The Balaban J connectivity index is 1.57. The largest absolute Gasteiger partial charge is 0.481 e. The zero-order valence-electron chi connectivity index (χ0n) is 21.0. The Bertz CT molecular complexity index is 1250. The Morgan fingerprint density at radius 3 is 2.47 bits per heavy atom. The van der Waals surface area contributed by atoms with Gasteiger partial charge in [-0.2, -0.15) is 0 Å². The lowest BCUT2D eigenvalue weighted by Crippen LogP contribution is -2.37. The zero-order valence-corrected chi connectivity index (χ0v) is 22.7. The maximum atomic E-state index is 13.4. The Hall–Kier alpha value is -2.46. The van der Waals surface area contributed by atoms with E-state index in [1.807, 2.05) is 0 Å². The van der Waals surface area contributed by atoms with E-state index in [0.29, 0.717) is 28.7 Å². The van der Waals surface area contributed by atoms with Crippen LogP contribution >= 0.6 is 11.3 Å². The molecule has 10 heteroatoms. The van der Waals surface area contributed by atoms with Gasteiger partial charge in [-0.1, -0.05) is 20.8 Å². The van der Waals surface area contributed by atoms with Crippen LogP contribution in [0.3, 0.4) is 0 Å². The average molecular weight is 537 g/mol. The van der Waals surface area contributed by atoms with Crippen molar-refractivity contribution in [3.8, 4) is 5.75 Å². The molecule has 2 heterocycles. The number of anilines is 1. The molecule has 0 saturated carbocycles. The second-order valence-corrected chi connectivity index (χ2v) is 14.1. The van der Waals surface area contributed by atoms with Crippen LogP contribution in [0.2, 0.25) is 0 Å². The fraction of sp³-hybridized carbons (Fsp3) is 0.538. The minimum absolute atomic E-state index is 0.0643. The van der Waals surface area contributed by atoms with E-state index >= 15 is 0 Å². The van der Waals surface area contributed by atoms with Crippen molar-refractivity contribution in [3.05, 3.63) is 46.1 Å². The summed E-state index contributed by atoms with van der Waals surface area (Å²) in [5.41, 5.74) is 1.47. The summed E-state index contributed by atoms with van der Waals surface area (Å²) in [5, 5.41) is 6.21. The molecular weight excluding hydrogens is 503 g/mol. The Kier molecular flexibility index (Phi) is 7.48. The standard InChI is InChI=1S/C26H33FN2O5S2/c1-15(34-19-8-6-17(27)7-9-19)23(30)29-25-22(24(31)28-18-11-12-36(32,33)14-18)20-10-5-16(26(2,3)4)13-21(20)35-25/h6-9,15-16,18H,5,10-14H2,1-4H3,(H,28,31)(H,29,30)/t15-,16+,18-/m1/s1. The number of benzene rings is 1. The van der Waals surface area contributed by atoms with Gasteiger partial charge in [0.05, 0.1) is 17.1 Å². The number of halogens is 1. The predicted octanol–water partition coefficient (Wildman–Crippen LogP) is 4.36. The first-order valence-electron chi connectivity index (χ1n) is 12.2. The molecule has 1 aliphatic carbocycles. The first kappa shape index (κ1) is 26.6. The summed E-state index contributed by atoms with van der Waals surface area (Å²) < 4.78 is 42.6. The fourth-order valence-corrected chi connectivity index (χ4v) is 7.81. The van der Waals surface area contributed by atoms with E-state index < -0.39 is 33.7 Å². The molecule has 4 rings (SSSR count). The van der Waals surface area contributed by atoms with Crippen LogP contribution in [0, 0.1) is 17.2 Å². The molecule has 0 spiro atoms. The van der Waals surface area contributed by atoms with Gasteiger partial charge in [-0.05, 0) is 73.8 Å². The number of carbonyl (C=O) groups is 2. The third-order valence-electron chi connectivity index (χ3n) is 7.02. The maximum Gasteiger partial charge on any atom is 0.265 e. The first-order valence-corrected chi connectivity index (χ1v) is 14.8. The summed E-state index contributed by atoms with van der Waals surface area (Å²) in [6.07, 6.45) is 1.98. The molecule has 0 bridgehead atoms. The van der Waals surface area contributed by atoms with Gasteiger partial charge in [0.15, 0.2) is 15.9 Å². The normalized spacial score (nSPS) is 21.9. The molecule has 1 aromatic carbocycles. The Labute approximate surface area is 215 Å². The number of rotatable bonds is 6. The van der Waals surface area contributed by atoms with Crippen LogP contribution in [0.5, 0.6) is 5.75 Å². The second kappa shape index (κ2) is 10.1. The molecule has 2 aromatic rings. The number of sulfone groups is 1. The van der Waals surface area contributed by atoms with Gasteiger partial charge in [-0.15, -0.1) is 11.3 Å². The number of hydrogen-bond acceptors (Lipinski definition) is 6. The molecule has 2 N–H and O–H groups in total. The SMILES string of the molecule is C[C@@H](Oc1ccc(F)cc1)C(=O)Nc1sc2c(c1C(=O)N[C@@H]1CCS(=O)(=O)C1)CC[C@H](C(C)(C)C)C2. The molecule has 1 saturated heterocycles.